The van der Waals surface area contributed by atoms with Crippen molar-refractivity contribution >= 4 is 0 Å². The molecule has 52 valence electrons. The molecule has 0 radical (unpaired) electrons. The zero-order chi connectivity index (χ0) is 3.58. The van der Waals surface area contributed by atoms with E-state index in [-0.39, 0.29) is 16.4 Å². The minimum absolute atomic E-state index is 0. The van der Waals surface area contributed by atoms with Gasteiger partial charge in [0.15, 0.2) is 0 Å². The van der Waals surface area contributed by atoms with Crippen molar-refractivity contribution in [2.45, 2.75) is 0 Å². The van der Waals surface area contributed by atoms with E-state index < -0.39 is 45.1 Å². The molecule has 0 fully saturated rings. The molecule has 0 heterocycles. The number of halogens is 3. The van der Waals surface area contributed by atoms with Gasteiger partial charge in [-0.05, 0) is 0 Å². The molecule has 0 saturated heterocycles. The predicted molar refractivity (Wildman–Crippen MR) is 14.2 cm³/mol. The summed E-state index contributed by atoms with van der Waals surface area (Å²) in [5, 5.41) is 0. The summed E-state index contributed by atoms with van der Waals surface area (Å²) in [5.41, 5.74) is 0. The zero-order valence-electron chi connectivity index (χ0n) is 3.01. The summed E-state index contributed by atoms with van der Waals surface area (Å²) in [6.07, 6.45) is 0. The van der Waals surface area contributed by atoms with Crippen LogP contribution in [0.3, 0.4) is 0 Å². The molecule has 0 bridgehead atoms. The van der Waals surface area contributed by atoms with Crippen LogP contribution in [-0.4, -0.2) is 16.4 Å². The van der Waals surface area contributed by atoms with E-state index in [0.29, 0.717) is 0 Å². The fourth-order valence-electron chi connectivity index (χ4n) is 0. The van der Waals surface area contributed by atoms with Crippen LogP contribution in [0.15, 0.2) is 0 Å². The first-order valence-corrected chi connectivity index (χ1v) is 3.18. The van der Waals surface area contributed by atoms with Crippen molar-refractivity contribution in [3.05, 3.63) is 0 Å². The van der Waals surface area contributed by atoms with E-state index >= 15 is 0 Å². The molecule has 0 saturated carbocycles. The van der Waals surface area contributed by atoms with Crippen molar-refractivity contribution in [2.75, 3.05) is 0 Å². The van der Waals surface area contributed by atoms with Crippen LogP contribution >= 0.6 is 0 Å². The van der Waals surface area contributed by atoms with Gasteiger partial charge in [-0.25, -0.2) is 0 Å². The standard InChI is InChI=1S/Eu.3FH.3H2O/h;3*1H;3*1H2/q+3;;;;;;/p-3. The Kier molecular flexibility index (Phi) is 53.8. The summed E-state index contributed by atoms with van der Waals surface area (Å²) in [6.45, 7) is 0. The van der Waals surface area contributed by atoms with Gasteiger partial charge in [0.05, 0.1) is 0 Å². The Morgan fingerprint density at radius 2 is 0.714 bits per heavy atom. The van der Waals surface area contributed by atoms with Crippen molar-refractivity contribution in [1.82, 2.24) is 0 Å². The van der Waals surface area contributed by atoms with E-state index in [2.05, 4.69) is 0 Å². The van der Waals surface area contributed by atoms with E-state index in [0.717, 1.165) is 0 Å². The molecule has 0 atom stereocenters. The monoisotopic (exact) mass is 264 g/mol. The van der Waals surface area contributed by atoms with Gasteiger partial charge < -0.3 is 16.4 Å². The fourth-order valence-corrected chi connectivity index (χ4v) is 0. The molecule has 0 amide bonds. The Hall–Kier alpha value is 1.25. The first kappa shape index (κ1) is 24.0. The average Bonchev–Trinajstić information content (AvgIpc) is 0.811. The van der Waals surface area contributed by atoms with Crippen LogP contribution in [0.2, 0.25) is 0 Å². The molecule has 3 nitrogen and oxygen atoms in total. The van der Waals surface area contributed by atoms with Crippen molar-refractivity contribution < 1.29 is 61.6 Å². The summed E-state index contributed by atoms with van der Waals surface area (Å²) in [4.78, 5) is 0. The molecule has 0 spiro atoms. The van der Waals surface area contributed by atoms with E-state index in [1.807, 2.05) is 0 Å². The Labute approximate surface area is 60.7 Å². The van der Waals surface area contributed by atoms with Crippen molar-refractivity contribution in [1.29, 1.82) is 0 Å². The Balaban J connectivity index is -0.0000000150. The Morgan fingerprint density at radius 1 is 0.714 bits per heavy atom. The molecule has 0 unspecified atom stereocenters. The molecular formula is H6EuF3O3. The van der Waals surface area contributed by atoms with Crippen LogP contribution in [0.25, 0.3) is 0 Å². The molecule has 0 aromatic heterocycles. The summed E-state index contributed by atoms with van der Waals surface area (Å²) < 4.78 is 29.6. The maximum absolute atomic E-state index is 9.85. The van der Waals surface area contributed by atoms with Crippen molar-refractivity contribution in [3.8, 4) is 0 Å². The van der Waals surface area contributed by atoms with E-state index in [1.54, 1.807) is 0 Å². The minimum atomic E-state index is -4.96. The zero-order valence-corrected chi connectivity index (χ0v) is 5.44. The van der Waals surface area contributed by atoms with Gasteiger partial charge in [0.1, 0.15) is 0 Å². The molecular weight excluding hydrogens is 257 g/mol. The molecule has 6 N–H and O–H groups in total. The van der Waals surface area contributed by atoms with Gasteiger partial charge in [0.2, 0.25) is 0 Å². The van der Waals surface area contributed by atoms with E-state index in [4.69, 9.17) is 0 Å². The van der Waals surface area contributed by atoms with Crippen LogP contribution in [0.4, 0.5) is 0.0763 Å². The molecule has 0 aliphatic rings. The van der Waals surface area contributed by atoms with Gasteiger partial charge >= 0.3 is 45.1 Å². The topological polar surface area (TPSA) is 94.5 Å². The van der Waals surface area contributed by atoms with Crippen molar-refractivity contribution in [2.24, 2.45) is 0 Å². The van der Waals surface area contributed by atoms with Gasteiger partial charge in [0.25, 0.3) is 0 Å². The summed E-state index contributed by atoms with van der Waals surface area (Å²) in [5.74, 6) is 0. The average molecular weight is 263 g/mol. The number of hydrogen-bond acceptors (Lipinski definition) is 0. The molecule has 0 aromatic rings. The number of hydrogen-bond donors (Lipinski definition) is 0. The molecule has 0 aliphatic carbocycles. The summed E-state index contributed by atoms with van der Waals surface area (Å²) in [7, 11) is 0. The second kappa shape index (κ2) is 15.7. The van der Waals surface area contributed by atoms with Crippen molar-refractivity contribution in [3.63, 3.8) is 0 Å². The third kappa shape index (κ3) is 127. The van der Waals surface area contributed by atoms with Crippen LogP contribution < -0.4 is 0 Å². The number of rotatable bonds is 0. The van der Waals surface area contributed by atoms with Gasteiger partial charge in [-0.1, -0.05) is 0 Å². The normalized spacial score (nSPS) is 6.43. The van der Waals surface area contributed by atoms with Crippen LogP contribution in [-0.2, 0) is 0 Å². The van der Waals surface area contributed by atoms with E-state index in [9.17, 15) is 0.0763 Å². The van der Waals surface area contributed by atoms with Crippen LogP contribution in [0.5, 0.6) is 0 Å². The molecule has 0 aromatic carbocycles. The first-order chi connectivity index (χ1) is 1.73. The Morgan fingerprint density at radius 3 is 0.714 bits per heavy atom. The van der Waals surface area contributed by atoms with Crippen LogP contribution in [0, 0.1) is 45.1 Å². The maximum atomic E-state index is 9.85. The van der Waals surface area contributed by atoms with Crippen LogP contribution in [0.1, 0.15) is 0 Å². The Bertz CT molecular complexity index is 14.9. The quantitative estimate of drug-likeness (QED) is 0.524. The molecule has 7 heteroatoms. The van der Waals surface area contributed by atoms with Gasteiger partial charge in [-0.3, -0.25) is 0 Å². The third-order valence-corrected chi connectivity index (χ3v) is 0. The summed E-state index contributed by atoms with van der Waals surface area (Å²) in [6, 6.07) is 0. The van der Waals surface area contributed by atoms with E-state index in [1.165, 1.54) is 0 Å². The molecule has 7 heavy (non-hydrogen) atoms. The molecule has 0 aliphatic heterocycles. The predicted octanol–water partition coefficient (Wildman–Crippen LogP) is -1.21. The summed E-state index contributed by atoms with van der Waals surface area (Å²) >= 11 is -4.96. The fraction of sp³-hybridized carbons (Fsp3) is 0. The van der Waals surface area contributed by atoms with Gasteiger partial charge in [-0.2, -0.15) is 0 Å². The van der Waals surface area contributed by atoms with Gasteiger partial charge in [0, 0.05) is 0 Å². The molecule has 0 rings (SSSR count). The first-order valence-electron chi connectivity index (χ1n) is 0.429. The second-order valence-corrected chi connectivity index (χ2v) is 1.20. The second-order valence-electron chi connectivity index (χ2n) is 0.162. The van der Waals surface area contributed by atoms with Gasteiger partial charge in [-0.15, -0.1) is 0 Å². The SMILES string of the molecule is O.O.O.[F][Eu]([F])[F]. The third-order valence-electron chi connectivity index (χ3n) is 0.